The van der Waals surface area contributed by atoms with Crippen molar-refractivity contribution in [2.24, 2.45) is 0 Å². The number of benzene rings is 1. The minimum atomic E-state index is -2.10. The van der Waals surface area contributed by atoms with Crippen LogP contribution < -0.4 is 4.74 Å². The molecule has 0 aliphatic heterocycles. The zero-order valence-corrected chi connectivity index (χ0v) is 8.85. The monoisotopic (exact) mass is 252 g/mol. The molecule has 94 valence electrons. The van der Waals surface area contributed by atoms with Crippen molar-refractivity contribution in [1.82, 2.24) is 0 Å². The molecule has 0 aliphatic carbocycles. The second kappa shape index (κ2) is 4.60. The van der Waals surface area contributed by atoms with Gasteiger partial charge < -0.3 is 9.84 Å². The summed E-state index contributed by atoms with van der Waals surface area (Å²) in [7, 11) is 0. The molecule has 0 fully saturated rings. The van der Waals surface area contributed by atoms with E-state index in [2.05, 4.69) is 4.74 Å². The third-order valence-corrected chi connectivity index (χ3v) is 1.79. The molecule has 0 saturated carbocycles. The van der Waals surface area contributed by atoms with Gasteiger partial charge in [-0.1, -0.05) is 0 Å². The van der Waals surface area contributed by atoms with Crippen LogP contribution >= 0.6 is 0 Å². The van der Waals surface area contributed by atoms with Crippen LogP contribution in [0, 0.1) is 23.3 Å². The van der Waals surface area contributed by atoms with Crippen molar-refractivity contribution >= 4 is 5.97 Å². The Kier molecular flexibility index (Phi) is 3.59. The predicted octanol–water partition coefficient (Wildman–Crippen LogP) is 2.73. The number of carbonyl (C=O) groups is 1. The molecule has 0 bridgehead atoms. The van der Waals surface area contributed by atoms with Gasteiger partial charge in [0.25, 0.3) is 0 Å². The molecular formula is C10H8F4O3. The Balaban J connectivity index is 3.52. The number of ether oxygens (including phenoxy) is 1. The first kappa shape index (κ1) is 13.3. The highest BCUT2D eigenvalue weighted by molar-refractivity contribution is 5.88. The van der Waals surface area contributed by atoms with Gasteiger partial charge in [-0.15, -0.1) is 0 Å². The average Bonchev–Trinajstić information content (AvgIpc) is 2.21. The van der Waals surface area contributed by atoms with Crippen molar-refractivity contribution < 1.29 is 32.2 Å². The SMILES string of the molecule is CC(C)Oc1c(F)c(F)c(C(=O)O)c(F)c1F. The summed E-state index contributed by atoms with van der Waals surface area (Å²) < 4.78 is 57.4. The maximum Gasteiger partial charge on any atom is 0.341 e. The first-order valence-electron chi connectivity index (χ1n) is 4.53. The standard InChI is InChI=1S/C10H8F4O3/c1-3(2)17-9-7(13)5(11)4(10(15)16)6(12)8(9)14/h3H,1-2H3,(H,15,16). The van der Waals surface area contributed by atoms with Crippen molar-refractivity contribution in [1.29, 1.82) is 0 Å². The van der Waals surface area contributed by atoms with Gasteiger partial charge in [0.05, 0.1) is 6.10 Å². The molecule has 0 radical (unpaired) electrons. The first-order chi connectivity index (χ1) is 7.77. The number of halogens is 4. The maximum atomic E-state index is 13.3. The molecule has 1 aromatic rings. The molecule has 0 spiro atoms. The van der Waals surface area contributed by atoms with Crippen LogP contribution in [0.4, 0.5) is 17.6 Å². The van der Waals surface area contributed by atoms with Crippen molar-refractivity contribution in [3.8, 4) is 5.75 Å². The molecule has 0 atom stereocenters. The van der Waals surface area contributed by atoms with Crippen LogP contribution in [0.2, 0.25) is 0 Å². The number of aromatic carboxylic acids is 1. The molecule has 3 nitrogen and oxygen atoms in total. The summed E-state index contributed by atoms with van der Waals surface area (Å²) >= 11 is 0. The van der Waals surface area contributed by atoms with Crippen LogP contribution in [0.15, 0.2) is 0 Å². The summed E-state index contributed by atoms with van der Waals surface area (Å²) in [6.45, 7) is 2.78. The zero-order chi connectivity index (χ0) is 13.3. The third-order valence-electron chi connectivity index (χ3n) is 1.79. The highest BCUT2D eigenvalue weighted by Crippen LogP contribution is 2.30. The number of rotatable bonds is 3. The molecule has 0 unspecified atom stereocenters. The first-order valence-corrected chi connectivity index (χ1v) is 4.53. The van der Waals surface area contributed by atoms with E-state index in [9.17, 15) is 22.4 Å². The normalized spacial score (nSPS) is 10.8. The molecule has 0 aromatic heterocycles. The quantitative estimate of drug-likeness (QED) is 0.664. The molecule has 0 amide bonds. The highest BCUT2D eigenvalue weighted by Gasteiger charge is 2.30. The Bertz CT molecular complexity index is 442. The lowest BCUT2D eigenvalue weighted by Crippen LogP contribution is -2.15. The van der Waals surface area contributed by atoms with Gasteiger partial charge in [0.15, 0.2) is 17.4 Å². The van der Waals surface area contributed by atoms with Crippen LogP contribution in [-0.4, -0.2) is 17.2 Å². The smallest absolute Gasteiger partial charge is 0.341 e. The van der Waals surface area contributed by atoms with Gasteiger partial charge in [0.1, 0.15) is 5.56 Å². The molecule has 1 aromatic carbocycles. The summed E-state index contributed by atoms with van der Waals surface area (Å²) in [6, 6.07) is 0. The van der Waals surface area contributed by atoms with E-state index in [0.717, 1.165) is 0 Å². The lowest BCUT2D eigenvalue weighted by molar-refractivity contribution is 0.0682. The Morgan fingerprint density at radius 1 is 1.06 bits per heavy atom. The van der Waals surface area contributed by atoms with Gasteiger partial charge in [-0.05, 0) is 13.8 Å². The summed E-state index contributed by atoms with van der Waals surface area (Å²) in [5.74, 6) is -11.1. The fraction of sp³-hybridized carbons (Fsp3) is 0.300. The van der Waals surface area contributed by atoms with Crippen LogP contribution in [0.5, 0.6) is 5.75 Å². The third kappa shape index (κ3) is 2.32. The minimum absolute atomic E-state index is 0.728. The highest BCUT2D eigenvalue weighted by atomic mass is 19.2. The second-order valence-electron chi connectivity index (χ2n) is 3.43. The van der Waals surface area contributed by atoms with Crippen molar-refractivity contribution in [2.75, 3.05) is 0 Å². The van der Waals surface area contributed by atoms with Crippen molar-refractivity contribution in [3.05, 3.63) is 28.8 Å². The Morgan fingerprint density at radius 2 is 1.47 bits per heavy atom. The van der Waals surface area contributed by atoms with Gasteiger partial charge in [0, 0.05) is 0 Å². The lowest BCUT2D eigenvalue weighted by atomic mass is 10.1. The Labute approximate surface area is 93.6 Å². The van der Waals surface area contributed by atoms with Crippen molar-refractivity contribution in [3.63, 3.8) is 0 Å². The summed E-state index contributed by atoms with van der Waals surface area (Å²) in [6.07, 6.45) is -0.728. The van der Waals surface area contributed by atoms with Crippen LogP contribution in [-0.2, 0) is 0 Å². The van der Waals surface area contributed by atoms with E-state index in [1.165, 1.54) is 13.8 Å². The predicted molar refractivity (Wildman–Crippen MR) is 49.0 cm³/mol. The molecule has 7 heteroatoms. The van der Waals surface area contributed by atoms with Gasteiger partial charge in [0.2, 0.25) is 11.6 Å². The second-order valence-corrected chi connectivity index (χ2v) is 3.43. The lowest BCUT2D eigenvalue weighted by Gasteiger charge is -2.13. The van der Waals surface area contributed by atoms with E-state index < -0.39 is 46.7 Å². The van der Waals surface area contributed by atoms with Gasteiger partial charge in [-0.2, -0.15) is 8.78 Å². The Hall–Kier alpha value is -1.79. The van der Waals surface area contributed by atoms with Crippen molar-refractivity contribution in [2.45, 2.75) is 20.0 Å². The molecular weight excluding hydrogens is 244 g/mol. The largest absolute Gasteiger partial charge is 0.485 e. The molecule has 0 heterocycles. The number of carboxylic acids is 1. The molecule has 0 saturated heterocycles. The van der Waals surface area contributed by atoms with E-state index in [-0.39, 0.29) is 0 Å². The molecule has 0 aliphatic rings. The van der Waals surface area contributed by atoms with Gasteiger partial charge >= 0.3 is 5.97 Å². The topological polar surface area (TPSA) is 46.5 Å². The van der Waals surface area contributed by atoms with Crippen LogP contribution in [0.1, 0.15) is 24.2 Å². The molecule has 1 rings (SSSR count). The van der Waals surface area contributed by atoms with Crippen LogP contribution in [0.25, 0.3) is 0 Å². The van der Waals surface area contributed by atoms with Crippen LogP contribution in [0.3, 0.4) is 0 Å². The zero-order valence-electron chi connectivity index (χ0n) is 8.85. The van der Waals surface area contributed by atoms with E-state index in [4.69, 9.17) is 5.11 Å². The number of hydrogen-bond donors (Lipinski definition) is 1. The van der Waals surface area contributed by atoms with E-state index >= 15 is 0 Å². The summed E-state index contributed by atoms with van der Waals surface area (Å²) in [4.78, 5) is 10.4. The molecule has 17 heavy (non-hydrogen) atoms. The fourth-order valence-corrected chi connectivity index (χ4v) is 1.14. The minimum Gasteiger partial charge on any atom is -0.485 e. The maximum absolute atomic E-state index is 13.3. The summed E-state index contributed by atoms with van der Waals surface area (Å²) in [5, 5.41) is 8.41. The Morgan fingerprint density at radius 3 is 1.76 bits per heavy atom. The van der Waals surface area contributed by atoms with Gasteiger partial charge in [-0.25, -0.2) is 13.6 Å². The molecule has 1 N–H and O–H groups in total. The van der Waals surface area contributed by atoms with Gasteiger partial charge in [-0.3, -0.25) is 0 Å². The summed E-state index contributed by atoms with van der Waals surface area (Å²) in [5.41, 5.74) is -1.68. The fourth-order valence-electron chi connectivity index (χ4n) is 1.14. The average molecular weight is 252 g/mol. The number of carboxylic acid groups (broad SMARTS) is 1. The van der Waals surface area contributed by atoms with E-state index in [1.54, 1.807) is 0 Å². The van der Waals surface area contributed by atoms with E-state index in [1.807, 2.05) is 0 Å². The van der Waals surface area contributed by atoms with E-state index in [0.29, 0.717) is 0 Å². The number of hydrogen-bond acceptors (Lipinski definition) is 2.